The predicted molar refractivity (Wildman–Crippen MR) is 81.3 cm³/mol. The molecule has 1 aromatic rings. The Morgan fingerprint density at radius 2 is 1.81 bits per heavy atom. The maximum atomic E-state index is 12.5. The molecule has 0 unspecified atom stereocenters. The largest absolute Gasteiger partial charge is 0.506 e. The summed E-state index contributed by atoms with van der Waals surface area (Å²) in [6, 6.07) is 3.48. The number of aromatic hydroxyl groups is 1. The molecule has 1 saturated carbocycles. The molecule has 21 heavy (non-hydrogen) atoms. The number of hydrogen-bond acceptors (Lipinski definition) is 4. The van der Waals surface area contributed by atoms with Crippen LogP contribution >= 0.6 is 0 Å². The number of rotatable bonds is 2. The number of carbonyl (C=O) groups excluding carboxylic acids is 1. The number of aromatic nitrogens is 1. The summed E-state index contributed by atoms with van der Waals surface area (Å²) in [4.78, 5) is 20.9. The van der Waals surface area contributed by atoms with E-state index in [1.165, 1.54) is 25.5 Å². The molecular weight excluding hydrogens is 266 g/mol. The monoisotopic (exact) mass is 289 g/mol. The topological polar surface area (TPSA) is 56.7 Å². The van der Waals surface area contributed by atoms with Crippen LogP contribution in [0.25, 0.3) is 0 Å². The van der Waals surface area contributed by atoms with Crippen molar-refractivity contribution in [3.8, 4) is 5.75 Å². The van der Waals surface area contributed by atoms with Crippen LogP contribution in [0.2, 0.25) is 0 Å². The number of hydrogen-bond donors (Lipinski definition) is 1. The average Bonchev–Trinajstić information content (AvgIpc) is 2.56. The number of nitrogens with zero attached hydrogens (tertiary/aromatic N) is 3. The molecule has 2 heterocycles. The molecule has 114 valence electrons. The van der Waals surface area contributed by atoms with Crippen LogP contribution < -0.4 is 4.90 Å². The number of anilines is 1. The molecule has 1 aliphatic carbocycles. The normalized spacial score (nSPS) is 20.6. The summed E-state index contributed by atoms with van der Waals surface area (Å²) in [6.07, 6.45) is 7.29. The molecule has 1 N–H and O–H groups in total. The second kappa shape index (κ2) is 6.33. The summed E-state index contributed by atoms with van der Waals surface area (Å²) in [5, 5.41) is 9.28. The third-order valence-electron chi connectivity index (χ3n) is 4.60. The van der Waals surface area contributed by atoms with E-state index in [4.69, 9.17) is 0 Å². The smallest absolute Gasteiger partial charge is 0.225 e. The van der Waals surface area contributed by atoms with Crippen molar-refractivity contribution < 1.29 is 9.90 Å². The molecule has 1 saturated heterocycles. The maximum Gasteiger partial charge on any atom is 0.225 e. The third-order valence-corrected chi connectivity index (χ3v) is 4.60. The Labute approximate surface area is 125 Å². The lowest BCUT2D eigenvalue weighted by molar-refractivity contribution is -0.136. The van der Waals surface area contributed by atoms with Gasteiger partial charge in [0.25, 0.3) is 0 Å². The number of piperazine rings is 1. The Hall–Kier alpha value is -1.78. The lowest BCUT2D eigenvalue weighted by Crippen LogP contribution is -2.50. The van der Waals surface area contributed by atoms with Gasteiger partial charge in [0.2, 0.25) is 5.91 Å². The summed E-state index contributed by atoms with van der Waals surface area (Å²) in [5.74, 6) is 1.67. The molecule has 1 amide bonds. The molecule has 0 bridgehead atoms. The molecule has 0 aromatic carbocycles. The summed E-state index contributed by atoms with van der Waals surface area (Å²) < 4.78 is 0. The fraction of sp³-hybridized carbons (Fsp3) is 0.625. The zero-order chi connectivity index (χ0) is 14.7. The van der Waals surface area contributed by atoms with E-state index < -0.39 is 0 Å². The van der Waals surface area contributed by atoms with Gasteiger partial charge in [-0.25, -0.2) is 4.98 Å². The van der Waals surface area contributed by atoms with Gasteiger partial charge in [0, 0.05) is 32.1 Å². The zero-order valence-electron chi connectivity index (χ0n) is 12.4. The van der Waals surface area contributed by atoms with Crippen molar-refractivity contribution in [2.75, 3.05) is 31.1 Å². The van der Waals surface area contributed by atoms with Crippen molar-refractivity contribution >= 4 is 11.7 Å². The quantitative estimate of drug-likeness (QED) is 0.905. The number of pyridine rings is 1. The highest BCUT2D eigenvalue weighted by Crippen LogP contribution is 2.26. The summed E-state index contributed by atoms with van der Waals surface area (Å²) >= 11 is 0. The molecule has 3 rings (SSSR count). The average molecular weight is 289 g/mol. The number of carbonyl (C=O) groups is 1. The molecule has 1 aromatic heterocycles. The van der Waals surface area contributed by atoms with E-state index in [2.05, 4.69) is 9.88 Å². The van der Waals surface area contributed by atoms with Gasteiger partial charge in [-0.2, -0.15) is 0 Å². The van der Waals surface area contributed by atoms with Crippen LogP contribution in [-0.4, -0.2) is 47.1 Å². The Morgan fingerprint density at radius 3 is 2.43 bits per heavy atom. The molecule has 2 aliphatic rings. The minimum absolute atomic E-state index is 0.185. The Bertz CT molecular complexity index is 475. The van der Waals surface area contributed by atoms with E-state index in [1.54, 1.807) is 6.07 Å². The Morgan fingerprint density at radius 1 is 1.10 bits per heavy atom. The van der Waals surface area contributed by atoms with Crippen molar-refractivity contribution in [3.05, 3.63) is 18.3 Å². The standard InChI is InChI=1S/C16H23N3O2/c20-14-6-7-15(17-12-14)18-8-10-19(11-9-18)16(21)13-4-2-1-3-5-13/h6-7,12-13,20H,1-5,8-11H2. The second-order valence-corrected chi connectivity index (χ2v) is 6.02. The summed E-state index contributed by atoms with van der Waals surface area (Å²) in [6.45, 7) is 3.18. The van der Waals surface area contributed by atoms with Crippen molar-refractivity contribution in [1.29, 1.82) is 0 Å². The predicted octanol–water partition coefficient (Wildman–Crippen LogP) is 2.02. The van der Waals surface area contributed by atoms with Gasteiger partial charge in [-0.15, -0.1) is 0 Å². The molecular formula is C16H23N3O2. The fourth-order valence-electron chi connectivity index (χ4n) is 3.33. The van der Waals surface area contributed by atoms with E-state index in [1.807, 2.05) is 11.0 Å². The van der Waals surface area contributed by atoms with E-state index in [0.29, 0.717) is 5.91 Å². The van der Waals surface area contributed by atoms with Crippen LogP contribution in [0, 0.1) is 5.92 Å². The van der Waals surface area contributed by atoms with E-state index >= 15 is 0 Å². The Balaban J connectivity index is 1.54. The molecule has 1 aliphatic heterocycles. The third kappa shape index (κ3) is 3.28. The van der Waals surface area contributed by atoms with Crippen molar-refractivity contribution in [2.45, 2.75) is 32.1 Å². The van der Waals surface area contributed by atoms with E-state index in [0.717, 1.165) is 44.8 Å². The lowest BCUT2D eigenvalue weighted by atomic mass is 9.88. The first kappa shape index (κ1) is 14.2. The van der Waals surface area contributed by atoms with Crippen LogP contribution in [0.15, 0.2) is 18.3 Å². The van der Waals surface area contributed by atoms with Crippen LogP contribution in [0.4, 0.5) is 5.82 Å². The first-order chi connectivity index (χ1) is 10.2. The van der Waals surface area contributed by atoms with Crippen LogP contribution in [0.3, 0.4) is 0 Å². The van der Waals surface area contributed by atoms with Crippen molar-refractivity contribution in [2.24, 2.45) is 5.92 Å². The molecule has 2 fully saturated rings. The fourth-order valence-corrected chi connectivity index (χ4v) is 3.33. The van der Waals surface area contributed by atoms with Crippen LogP contribution in [-0.2, 0) is 4.79 Å². The van der Waals surface area contributed by atoms with Gasteiger partial charge in [-0.1, -0.05) is 19.3 Å². The van der Waals surface area contributed by atoms with Gasteiger partial charge in [-0.05, 0) is 25.0 Å². The first-order valence-corrected chi connectivity index (χ1v) is 7.93. The van der Waals surface area contributed by atoms with Crippen LogP contribution in [0.1, 0.15) is 32.1 Å². The molecule has 5 nitrogen and oxygen atoms in total. The molecule has 0 radical (unpaired) electrons. The summed E-state index contributed by atoms with van der Waals surface area (Å²) in [5.41, 5.74) is 0. The van der Waals surface area contributed by atoms with Crippen molar-refractivity contribution in [3.63, 3.8) is 0 Å². The zero-order valence-corrected chi connectivity index (χ0v) is 12.4. The molecule has 0 spiro atoms. The minimum atomic E-state index is 0.185. The minimum Gasteiger partial charge on any atom is -0.506 e. The first-order valence-electron chi connectivity index (χ1n) is 7.93. The molecule has 0 atom stereocenters. The van der Waals surface area contributed by atoms with Gasteiger partial charge >= 0.3 is 0 Å². The van der Waals surface area contributed by atoms with Gasteiger partial charge in [-0.3, -0.25) is 4.79 Å². The highest BCUT2D eigenvalue weighted by atomic mass is 16.3. The van der Waals surface area contributed by atoms with Gasteiger partial charge < -0.3 is 14.9 Å². The number of amides is 1. The van der Waals surface area contributed by atoms with Crippen LogP contribution in [0.5, 0.6) is 5.75 Å². The Kier molecular flexibility index (Phi) is 4.27. The van der Waals surface area contributed by atoms with Crippen molar-refractivity contribution in [1.82, 2.24) is 9.88 Å². The van der Waals surface area contributed by atoms with Gasteiger partial charge in [0.15, 0.2) is 0 Å². The highest BCUT2D eigenvalue weighted by Gasteiger charge is 2.28. The van der Waals surface area contributed by atoms with Gasteiger partial charge in [0.05, 0.1) is 6.20 Å². The second-order valence-electron chi connectivity index (χ2n) is 6.02. The molecule has 5 heteroatoms. The highest BCUT2D eigenvalue weighted by molar-refractivity contribution is 5.79. The lowest BCUT2D eigenvalue weighted by Gasteiger charge is -2.37. The summed E-state index contributed by atoms with van der Waals surface area (Å²) in [7, 11) is 0. The van der Waals surface area contributed by atoms with E-state index in [-0.39, 0.29) is 11.7 Å². The SMILES string of the molecule is O=C(C1CCCCC1)N1CCN(c2ccc(O)cn2)CC1. The maximum absolute atomic E-state index is 12.5. The van der Waals surface area contributed by atoms with E-state index in [9.17, 15) is 9.90 Å². The van der Waals surface area contributed by atoms with Gasteiger partial charge in [0.1, 0.15) is 11.6 Å².